The quantitative estimate of drug-likeness (QED) is 0.691. The number of nitrogens with zero attached hydrogens (tertiary/aromatic N) is 3. The lowest BCUT2D eigenvalue weighted by molar-refractivity contribution is -0.200. The van der Waals surface area contributed by atoms with Crippen molar-refractivity contribution >= 4 is 11.8 Å². The molecular weight excluding hydrogens is 423 g/mol. The van der Waals surface area contributed by atoms with Gasteiger partial charge in [-0.3, -0.25) is 4.90 Å². The van der Waals surface area contributed by atoms with E-state index in [1.807, 2.05) is 0 Å². The zero-order chi connectivity index (χ0) is 22.9. The lowest BCUT2D eigenvalue weighted by Gasteiger charge is -2.54. The summed E-state index contributed by atoms with van der Waals surface area (Å²) >= 11 is 0. The number of morpholine rings is 1. The Kier molecular flexibility index (Phi) is 6.58. The number of likely N-dealkylation sites (tertiary alicyclic amines) is 2. The molecule has 0 aromatic heterocycles. The largest absolute Gasteiger partial charge is 0.437 e. The molecule has 4 rings (SSSR count). The monoisotopic (exact) mass is 455 g/mol. The molecule has 1 aromatic carbocycles. The van der Waals surface area contributed by atoms with Crippen LogP contribution in [-0.4, -0.2) is 80.7 Å². The van der Waals surface area contributed by atoms with Crippen LogP contribution < -0.4 is 4.90 Å². The van der Waals surface area contributed by atoms with Gasteiger partial charge >= 0.3 is 12.3 Å². The molecule has 1 amide bonds. The molecule has 6 nitrogen and oxygen atoms in total. The van der Waals surface area contributed by atoms with E-state index < -0.39 is 18.4 Å². The summed E-state index contributed by atoms with van der Waals surface area (Å²) in [6, 6.07) is 6.66. The van der Waals surface area contributed by atoms with Crippen molar-refractivity contribution in [2.45, 2.75) is 45.5 Å². The molecule has 9 heteroatoms. The molecule has 32 heavy (non-hydrogen) atoms. The van der Waals surface area contributed by atoms with E-state index in [1.54, 1.807) is 0 Å². The van der Waals surface area contributed by atoms with Gasteiger partial charge in [-0.15, -0.1) is 0 Å². The molecule has 3 aliphatic heterocycles. The average molecular weight is 456 g/mol. The minimum atomic E-state index is -4.53. The van der Waals surface area contributed by atoms with Crippen LogP contribution in [0.15, 0.2) is 18.2 Å². The van der Waals surface area contributed by atoms with Crippen molar-refractivity contribution in [3.63, 3.8) is 0 Å². The van der Waals surface area contributed by atoms with Gasteiger partial charge in [0, 0.05) is 51.5 Å². The molecule has 3 heterocycles. The van der Waals surface area contributed by atoms with Gasteiger partial charge < -0.3 is 19.3 Å². The second-order valence-electron chi connectivity index (χ2n) is 9.41. The molecule has 1 atom stereocenters. The number of benzene rings is 1. The summed E-state index contributed by atoms with van der Waals surface area (Å²) in [5.74, 6) is 0. The first kappa shape index (κ1) is 23.2. The van der Waals surface area contributed by atoms with Crippen molar-refractivity contribution in [3.8, 4) is 0 Å². The Morgan fingerprint density at radius 1 is 1.16 bits per heavy atom. The molecule has 0 bridgehead atoms. The molecule has 0 radical (unpaired) electrons. The van der Waals surface area contributed by atoms with Crippen LogP contribution in [0.2, 0.25) is 0 Å². The fraction of sp³-hybridized carbons (Fsp3) is 0.696. The van der Waals surface area contributed by atoms with Crippen LogP contribution >= 0.6 is 0 Å². The number of halogens is 3. The van der Waals surface area contributed by atoms with Crippen LogP contribution in [0.3, 0.4) is 0 Å². The normalized spacial score (nSPS) is 22.5. The zero-order valence-corrected chi connectivity index (χ0v) is 18.8. The Labute approximate surface area is 187 Å². The van der Waals surface area contributed by atoms with Crippen LogP contribution in [0.5, 0.6) is 0 Å². The number of amides is 1. The fourth-order valence-electron chi connectivity index (χ4n) is 4.90. The summed E-state index contributed by atoms with van der Waals surface area (Å²) in [6.07, 6.45) is -5.87. The first-order chi connectivity index (χ1) is 15.2. The lowest BCUT2D eigenvalue weighted by Crippen LogP contribution is -2.60. The van der Waals surface area contributed by atoms with Gasteiger partial charge in [-0.05, 0) is 55.4 Å². The summed E-state index contributed by atoms with van der Waals surface area (Å²) in [6.45, 7) is 10.1. The SMILES string of the molecule is Cc1cc(N2CCOCC2)ccc1CN1CC2(CCN(C(=O)OC(C)C(F)(F)F)CC2)C1. The van der Waals surface area contributed by atoms with Crippen LogP contribution in [0, 0.1) is 12.3 Å². The van der Waals surface area contributed by atoms with Crippen molar-refractivity contribution in [2.75, 3.05) is 57.4 Å². The predicted molar refractivity (Wildman–Crippen MR) is 115 cm³/mol. The Bertz CT molecular complexity index is 810. The summed E-state index contributed by atoms with van der Waals surface area (Å²) < 4.78 is 47.9. The molecule has 1 spiro atoms. The summed E-state index contributed by atoms with van der Waals surface area (Å²) in [5.41, 5.74) is 4.01. The Hall–Kier alpha value is -2.00. The maximum Gasteiger partial charge on any atom is 0.425 e. The van der Waals surface area contributed by atoms with Gasteiger partial charge in [0.25, 0.3) is 0 Å². The third-order valence-corrected chi connectivity index (χ3v) is 7.04. The summed E-state index contributed by atoms with van der Waals surface area (Å²) in [5, 5.41) is 0. The van der Waals surface area contributed by atoms with Gasteiger partial charge in [-0.2, -0.15) is 13.2 Å². The number of aryl methyl sites for hydroxylation is 1. The lowest BCUT2D eigenvalue weighted by atomic mass is 9.72. The maximum atomic E-state index is 12.6. The molecule has 0 N–H and O–H groups in total. The van der Waals surface area contributed by atoms with Gasteiger partial charge in [0.15, 0.2) is 6.10 Å². The summed E-state index contributed by atoms with van der Waals surface area (Å²) in [4.78, 5) is 18.2. The van der Waals surface area contributed by atoms with E-state index in [9.17, 15) is 18.0 Å². The molecule has 0 saturated carbocycles. The molecule has 178 valence electrons. The van der Waals surface area contributed by atoms with E-state index in [-0.39, 0.29) is 5.41 Å². The Balaban J connectivity index is 1.24. The third kappa shape index (κ3) is 5.14. The molecular formula is C23H32F3N3O3. The minimum Gasteiger partial charge on any atom is -0.437 e. The highest BCUT2D eigenvalue weighted by molar-refractivity contribution is 5.68. The minimum absolute atomic E-state index is 0.161. The molecule has 3 aliphatic rings. The Morgan fingerprint density at radius 2 is 1.81 bits per heavy atom. The second-order valence-corrected chi connectivity index (χ2v) is 9.41. The zero-order valence-electron chi connectivity index (χ0n) is 18.8. The van der Waals surface area contributed by atoms with Crippen LogP contribution in [-0.2, 0) is 16.0 Å². The fourth-order valence-corrected chi connectivity index (χ4v) is 4.90. The third-order valence-electron chi connectivity index (χ3n) is 7.04. The van der Waals surface area contributed by atoms with Gasteiger partial charge in [0.1, 0.15) is 0 Å². The van der Waals surface area contributed by atoms with Crippen molar-refractivity contribution in [3.05, 3.63) is 29.3 Å². The van der Waals surface area contributed by atoms with E-state index >= 15 is 0 Å². The first-order valence-corrected chi connectivity index (χ1v) is 11.3. The molecule has 3 saturated heterocycles. The average Bonchev–Trinajstić information content (AvgIpc) is 2.74. The number of hydrogen-bond acceptors (Lipinski definition) is 5. The highest BCUT2D eigenvalue weighted by Gasteiger charge is 2.46. The van der Waals surface area contributed by atoms with Crippen LogP contribution in [0.1, 0.15) is 30.9 Å². The van der Waals surface area contributed by atoms with Gasteiger partial charge in [0.05, 0.1) is 13.2 Å². The maximum absolute atomic E-state index is 12.6. The Morgan fingerprint density at radius 3 is 2.41 bits per heavy atom. The van der Waals surface area contributed by atoms with Crippen LogP contribution in [0.4, 0.5) is 23.7 Å². The number of alkyl halides is 3. The van der Waals surface area contributed by atoms with Gasteiger partial charge in [-0.1, -0.05) is 6.07 Å². The van der Waals surface area contributed by atoms with E-state index in [0.29, 0.717) is 13.1 Å². The van der Waals surface area contributed by atoms with Crippen molar-refractivity contribution in [2.24, 2.45) is 5.41 Å². The second kappa shape index (κ2) is 9.09. The number of anilines is 1. The van der Waals surface area contributed by atoms with E-state index in [1.165, 1.54) is 21.7 Å². The molecule has 0 aliphatic carbocycles. The van der Waals surface area contributed by atoms with Crippen LogP contribution in [0.25, 0.3) is 0 Å². The van der Waals surface area contributed by atoms with Gasteiger partial charge in [0.2, 0.25) is 0 Å². The number of rotatable bonds is 4. The first-order valence-electron chi connectivity index (χ1n) is 11.3. The highest BCUT2D eigenvalue weighted by atomic mass is 19.4. The van der Waals surface area contributed by atoms with Crippen molar-refractivity contribution in [1.29, 1.82) is 0 Å². The van der Waals surface area contributed by atoms with Gasteiger partial charge in [-0.25, -0.2) is 4.79 Å². The topological polar surface area (TPSA) is 45.2 Å². The number of hydrogen-bond donors (Lipinski definition) is 0. The number of ether oxygens (including phenoxy) is 2. The molecule has 1 aromatic rings. The van der Waals surface area contributed by atoms with E-state index in [4.69, 9.17) is 4.74 Å². The highest BCUT2D eigenvalue weighted by Crippen LogP contribution is 2.41. The molecule has 3 fully saturated rings. The number of piperidine rings is 1. The standard InChI is InChI=1S/C23H32F3N3O3/c1-17-13-20(28-9-11-31-12-10-28)4-3-19(17)14-27-15-22(16-27)5-7-29(8-6-22)21(30)32-18(2)23(24,25)26/h3-4,13,18H,5-12,14-16H2,1-2H3. The number of carbonyl (C=O) groups excluding carboxylic acids is 1. The number of carbonyl (C=O) groups is 1. The molecule has 1 unspecified atom stereocenters. The summed E-state index contributed by atoms with van der Waals surface area (Å²) in [7, 11) is 0. The smallest absolute Gasteiger partial charge is 0.425 e. The van der Waals surface area contributed by atoms with Crippen molar-refractivity contribution < 1.29 is 27.4 Å². The van der Waals surface area contributed by atoms with Crippen molar-refractivity contribution in [1.82, 2.24) is 9.80 Å². The predicted octanol–water partition coefficient (Wildman–Crippen LogP) is 3.82. The van der Waals surface area contributed by atoms with E-state index in [0.717, 1.165) is 65.7 Å². The van der Waals surface area contributed by atoms with E-state index in [2.05, 4.69) is 39.7 Å².